The van der Waals surface area contributed by atoms with Gasteiger partial charge in [0, 0.05) is 42.0 Å². The molecule has 0 aliphatic heterocycles. The van der Waals surface area contributed by atoms with Crippen LogP contribution in [0.5, 0.6) is 0 Å². The zero-order valence-corrected chi connectivity index (χ0v) is 23.5. The largest absolute Gasteiger partial charge is 0.305 e. The molecule has 4 unspecified atom stereocenters. The first kappa shape index (κ1) is 23.3. The van der Waals surface area contributed by atoms with Crippen molar-refractivity contribution in [3.8, 4) is 21.2 Å². The maximum absolute atomic E-state index is 3.14. The first-order valence-electron chi connectivity index (χ1n) is 12.6. The lowest BCUT2D eigenvalue weighted by atomic mass is 9.96. The van der Waals surface area contributed by atoms with Gasteiger partial charge in [0.2, 0.25) is 0 Å². The van der Waals surface area contributed by atoms with E-state index in [0.29, 0.717) is 6.04 Å². The molecule has 1 saturated carbocycles. The summed E-state index contributed by atoms with van der Waals surface area (Å²) in [6.45, 7) is -0.725. The van der Waals surface area contributed by atoms with Crippen LogP contribution in [0.25, 0.3) is 21.2 Å². The first-order chi connectivity index (χ1) is 17.4. The van der Waals surface area contributed by atoms with Gasteiger partial charge >= 0.3 is 0 Å². The second-order valence-electron chi connectivity index (χ2n) is 9.11. The fourth-order valence-corrected chi connectivity index (χ4v) is 37.8. The van der Waals surface area contributed by atoms with Crippen LogP contribution in [0.15, 0.2) is 121 Å². The topological polar surface area (TPSA) is 4.93 Å². The summed E-state index contributed by atoms with van der Waals surface area (Å²) in [5, 5.41) is 6.34. The number of aromatic nitrogens is 1. The maximum Gasteiger partial charge on any atom is 0.0414 e. The summed E-state index contributed by atoms with van der Waals surface area (Å²) in [5.74, 6) is 0. The van der Waals surface area contributed by atoms with Gasteiger partial charge in [0.1, 0.15) is 0 Å². The minimum Gasteiger partial charge on any atom is -0.305 e. The molecule has 1 aromatic heterocycles. The first-order valence-corrected chi connectivity index (χ1v) is 20.0. The van der Waals surface area contributed by atoms with Crippen LogP contribution in [0, 0.1) is 0 Å². The summed E-state index contributed by atoms with van der Waals surface area (Å²) in [5.41, 5.74) is 0. The monoisotopic (exact) mass is 529 g/mol. The summed E-state index contributed by atoms with van der Waals surface area (Å²) < 4.78 is 3.14. The van der Waals surface area contributed by atoms with E-state index in [-0.39, 0.29) is 13.8 Å². The minimum atomic E-state index is -0.436. The van der Waals surface area contributed by atoms with Gasteiger partial charge in [-0.15, -0.1) is 0 Å². The minimum absolute atomic E-state index is 0.362. The number of nitrogens with zero attached hydrogens (tertiary/aromatic N) is 1. The molecule has 5 aromatic rings. The Hall–Kier alpha value is -2.12. The Morgan fingerprint density at radius 2 is 0.771 bits per heavy atom. The Morgan fingerprint density at radius 1 is 0.429 bits per heavy atom. The van der Waals surface area contributed by atoms with Gasteiger partial charge in [-0.25, -0.2) is 0 Å². The lowest BCUT2D eigenvalue weighted by molar-refractivity contribution is 0.384. The zero-order chi connectivity index (χ0) is 23.5. The van der Waals surface area contributed by atoms with Crippen molar-refractivity contribution in [2.75, 3.05) is 0 Å². The van der Waals surface area contributed by atoms with Crippen LogP contribution in [0.2, 0.25) is 0 Å². The van der Waals surface area contributed by atoms with E-state index < -0.39 is 14.7 Å². The molecule has 1 fully saturated rings. The normalized spacial score (nSPS) is 16.2. The highest BCUT2D eigenvalue weighted by Gasteiger charge is 2.29. The van der Waals surface area contributed by atoms with Gasteiger partial charge in [-0.3, -0.25) is 0 Å². The predicted octanol–water partition coefficient (Wildman–Crippen LogP) is 12.0. The van der Waals surface area contributed by atoms with Gasteiger partial charge < -0.3 is 4.09 Å². The van der Waals surface area contributed by atoms with Gasteiger partial charge in [0.25, 0.3) is 0 Å². The second-order valence-corrected chi connectivity index (χ2v) is 23.6. The van der Waals surface area contributed by atoms with E-state index in [1.165, 1.54) is 32.1 Å². The van der Waals surface area contributed by atoms with Crippen molar-refractivity contribution in [1.82, 2.24) is 4.09 Å². The molecule has 4 atom stereocenters. The molecule has 1 nitrogen and oxygen atoms in total. The molecule has 6 rings (SSSR count). The molecule has 0 bridgehead atoms. The van der Waals surface area contributed by atoms with E-state index in [1.54, 1.807) is 21.2 Å². The average Bonchev–Trinajstić information content (AvgIpc) is 3.32. The van der Waals surface area contributed by atoms with Crippen molar-refractivity contribution in [2.24, 2.45) is 0 Å². The summed E-state index contributed by atoms with van der Waals surface area (Å²) in [7, 11) is -0.873. The highest BCUT2D eigenvalue weighted by atomic mass is 32.4. The fraction of sp³-hybridized carbons (Fsp3) is 0.200. The van der Waals surface area contributed by atoms with Crippen LogP contribution < -0.4 is 0 Å². The fourth-order valence-electron chi connectivity index (χ4n) is 5.17. The molecule has 35 heavy (non-hydrogen) atoms. The van der Waals surface area contributed by atoms with Gasteiger partial charge in [-0.1, -0.05) is 92.1 Å². The predicted molar refractivity (Wildman–Crippen MR) is 160 cm³/mol. The van der Waals surface area contributed by atoms with Crippen LogP contribution in [-0.2, 0) is 0 Å². The van der Waals surface area contributed by atoms with E-state index in [1.807, 2.05) is 0 Å². The Bertz CT molecular complexity index is 1290. The number of hydrogen-bond donors (Lipinski definition) is 0. The van der Waals surface area contributed by atoms with Crippen LogP contribution in [0.1, 0.15) is 38.1 Å². The number of benzene rings is 4. The van der Waals surface area contributed by atoms with Crippen molar-refractivity contribution in [2.45, 2.75) is 38.1 Å². The lowest BCUT2D eigenvalue weighted by Gasteiger charge is -2.28. The van der Waals surface area contributed by atoms with Crippen molar-refractivity contribution in [1.29, 1.82) is 0 Å². The molecule has 1 heterocycles. The van der Waals surface area contributed by atoms with Crippen molar-refractivity contribution in [3.63, 3.8) is 0 Å². The van der Waals surface area contributed by atoms with Gasteiger partial charge in [-0.2, -0.15) is 0 Å². The molecule has 0 radical (unpaired) electrons. The van der Waals surface area contributed by atoms with E-state index in [0.717, 1.165) is 0 Å². The highest BCUT2D eigenvalue weighted by Crippen LogP contribution is 2.86. The standard InChI is InChI=1S/C30H31NP4/c1-6-16-26(17-7-1)31-32(27-18-8-2-9-19-27)34(29-22-12-4-13-23-29)35(30-24-14-5-15-25-30)33(31)28-20-10-3-11-21-28/h2-5,8-15,18-26H,1,6-7,16-17H2. The van der Waals surface area contributed by atoms with Crippen LogP contribution in [0.3, 0.4) is 0 Å². The average molecular weight is 529 g/mol. The number of hydrogen-bond acceptors (Lipinski definition) is 0. The molecule has 176 valence electrons. The molecule has 0 amide bonds. The molecule has 1 aliphatic carbocycles. The third kappa shape index (κ3) is 4.69. The van der Waals surface area contributed by atoms with Gasteiger partial charge in [-0.05, 0) is 75.1 Å². The third-order valence-corrected chi connectivity index (χ3v) is 30.3. The smallest absolute Gasteiger partial charge is 0.0414 e. The Morgan fingerprint density at radius 3 is 1.14 bits per heavy atom. The molecule has 0 N–H and O–H groups in total. The van der Waals surface area contributed by atoms with Crippen molar-refractivity contribution >= 4 is 28.5 Å². The zero-order valence-electron chi connectivity index (χ0n) is 19.9. The third-order valence-electron chi connectivity index (χ3n) is 6.78. The Balaban J connectivity index is 1.79. The SMILES string of the molecule is c1ccc(-p2n(C3CCCCC3)p(-c3ccccc3)p(-c3ccccc3)p2-c2ccccc2)cc1. The van der Waals surface area contributed by atoms with Crippen molar-refractivity contribution < 1.29 is 0 Å². The lowest BCUT2D eigenvalue weighted by Crippen LogP contribution is -2.09. The summed E-state index contributed by atoms with van der Waals surface area (Å²) in [4.78, 5) is 0. The maximum atomic E-state index is 3.14. The molecule has 0 spiro atoms. The molecule has 1 aliphatic rings. The van der Waals surface area contributed by atoms with E-state index >= 15 is 0 Å². The summed E-state index contributed by atoms with van der Waals surface area (Å²) >= 11 is 0. The highest BCUT2D eigenvalue weighted by molar-refractivity contribution is 8.54. The van der Waals surface area contributed by atoms with Crippen LogP contribution in [0.4, 0.5) is 0 Å². The van der Waals surface area contributed by atoms with Crippen LogP contribution in [-0.4, -0.2) is 4.09 Å². The van der Waals surface area contributed by atoms with E-state index in [9.17, 15) is 0 Å². The molecule has 4 aromatic carbocycles. The molecule has 0 saturated heterocycles. The van der Waals surface area contributed by atoms with Gasteiger partial charge in [0.15, 0.2) is 0 Å². The van der Waals surface area contributed by atoms with Crippen molar-refractivity contribution in [3.05, 3.63) is 121 Å². The number of rotatable bonds is 5. The Labute approximate surface area is 212 Å². The van der Waals surface area contributed by atoms with Gasteiger partial charge in [0.05, 0.1) is 0 Å². The molecular weight excluding hydrogens is 498 g/mol. The summed E-state index contributed by atoms with van der Waals surface area (Å²) in [6, 6.07) is 47.0. The molecule has 5 heteroatoms. The second kappa shape index (κ2) is 10.9. The quantitative estimate of drug-likeness (QED) is 0.213. The molecular formula is C30H31NP4. The van der Waals surface area contributed by atoms with E-state index in [4.69, 9.17) is 0 Å². The Kier molecular flexibility index (Phi) is 7.23. The van der Waals surface area contributed by atoms with E-state index in [2.05, 4.69) is 125 Å². The van der Waals surface area contributed by atoms with Crippen LogP contribution >= 0.6 is 28.5 Å². The summed E-state index contributed by atoms with van der Waals surface area (Å²) in [6.07, 6.45) is 6.87.